The summed E-state index contributed by atoms with van der Waals surface area (Å²) in [6.07, 6.45) is 2.86. The maximum absolute atomic E-state index is 9.83. The minimum atomic E-state index is -0.139. The Balaban J connectivity index is 0.000000563. The van der Waals surface area contributed by atoms with E-state index in [0.717, 1.165) is 44.0 Å². The zero-order valence-electron chi connectivity index (χ0n) is 16.8. The Kier molecular flexibility index (Phi) is 10.3. The van der Waals surface area contributed by atoms with E-state index in [2.05, 4.69) is 40.1 Å². The number of piperazine rings is 1. The van der Waals surface area contributed by atoms with Gasteiger partial charge in [0.2, 0.25) is 0 Å². The Hall–Kier alpha value is -1.62. The molecule has 5 nitrogen and oxygen atoms in total. The fourth-order valence-electron chi connectivity index (χ4n) is 2.01. The van der Waals surface area contributed by atoms with Gasteiger partial charge >= 0.3 is 0 Å². The first-order chi connectivity index (χ1) is 11.3. The van der Waals surface area contributed by atoms with Crippen molar-refractivity contribution in [2.75, 3.05) is 50.5 Å². The molecule has 2 rings (SSSR count). The topological polar surface area (TPSA) is 48.5 Å². The number of rotatable bonds is 2. The molecule has 1 aliphatic heterocycles. The van der Waals surface area contributed by atoms with E-state index in [9.17, 15) is 4.79 Å². The zero-order valence-corrected chi connectivity index (χ0v) is 16.8. The van der Waals surface area contributed by atoms with E-state index in [1.54, 1.807) is 0 Å². The number of carbonyl (C=O) groups excluding carboxylic acids is 1. The second-order valence-corrected chi connectivity index (χ2v) is 6.88. The van der Waals surface area contributed by atoms with Crippen molar-refractivity contribution in [2.45, 2.75) is 41.5 Å². The molecule has 1 N–H and O–H groups in total. The van der Waals surface area contributed by atoms with Crippen molar-refractivity contribution >= 4 is 17.8 Å². The Morgan fingerprint density at radius 3 is 2.04 bits per heavy atom. The van der Waals surface area contributed by atoms with Crippen LogP contribution in [0.1, 0.15) is 40.2 Å². The lowest BCUT2D eigenvalue weighted by molar-refractivity contribution is -0.113. The Morgan fingerprint density at radius 2 is 1.67 bits per heavy atom. The van der Waals surface area contributed by atoms with Gasteiger partial charge in [-0.25, -0.2) is 4.98 Å². The Bertz CT molecular complexity index is 475. The Morgan fingerprint density at radius 1 is 1.17 bits per heavy atom. The van der Waals surface area contributed by atoms with Crippen LogP contribution >= 0.6 is 0 Å². The molecule has 1 saturated heterocycles. The minimum absolute atomic E-state index is 0.139. The van der Waals surface area contributed by atoms with E-state index < -0.39 is 0 Å². The van der Waals surface area contributed by atoms with Crippen molar-refractivity contribution in [3.8, 4) is 0 Å². The van der Waals surface area contributed by atoms with Crippen molar-refractivity contribution in [3.05, 3.63) is 17.8 Å². The van der Waals surface area contributed by atoms with Crippen LogP contribution in [0.2, 0.25) is 0 Å². The molecular weight excluding hydrogens is 300 g/mol. The normalized spacial score (nSPS) is 14.8. The summed E-state index contributed by atoms with van der Waals surface area (Å²) in [4.78, 5) is 19.0. The molecule has 1 aromatic heterocycles. The maximum atomic E-state index is 9.83. The van der Waals surface area contributed by atoms with Gasteiger partial charge in [0.1, 0.15) is 12.1 Å². The van der Waals surface area contributed by atoms with Gasteiger partial charge in [-0.05, 0) is 25.6 Å². The highest BCUT2D eigenvalue weighted by Gasteiger charge is 2.15. The second kappa shape index (κ2) is 11.0. The number of pyridine rings is 1. The smallest absolute Gasteiger partial charge is 0.128 e. The van der Waals surface area contributed by atoms with Gasteiger partial charge in [-0.2, -0.15) is 0 Å². The van der Waals surface area contributed by atoms with Crippen LogP contribution in [0.3, 0.4) is 0 Å². The monoisotopic (exact) mass is 336 g/mol. The van der Waals surface area contributed by atoms with Gasteiger partial charge in [0, 0.05) is 38.6 Å². The lowest BCUT2D eigenvalue weighted by atomic mass is 10.0. The molecule has 0 aromatic carbocycles. The molecule has 0 bridgehead atoms. The molecule has 0 unspecified atom stereocenters. The molecule has 0 radical (unpaired) electrons. The van der Waals surface area contributed by atoms with Gasteiger partial charge in [0.05, 0.1) is 11.9 Å². The van der Waals surface area contributed by atoms with Crippen molar-refractivity contribution in [2.24, 2.45) is 5.41 Å². The second-order valence-electron chi connectivity index (χ2n) is 6.88. The first kappa shape index (κ1) is 22.4. The molecular formula is C19H36N4O. The number of nitrogens with zero attached hydrogens (tertiary/aromatic N) is 3. The minimum Gasteiger partial charge on any atom is -0.387 e. The van der Waals surface area contributed by atoms with Crippen LogP contribution in [0.4, 0.5) is 11.5 Å². The van der Waals surface area contributed by atoms with Crippen LogP contribution in [0, 0.1) is 12.3 Å². The fourth-order valence-corrected chi connectivity index (χ4v) is 2.01. The molecule has 1 aromatic rings. The quantitative estimate of drug-likeness (QED) is 0.838. The number of nitrogens with one attached hydrogen (secondary N) is 1. The SMILES string of the molecule is CC.CC(C)(C)C=O.CNc1cnc(N2CCN(C)CC2)cc1C. The fraction of sp³-hybridized carbons (Fsp3) is 0.684. The van der Waals surface area contributed by atoms with E-state index in [1.807, 2.05) is 47.9 Å². The molecule has 24 heavy (non-hydrogen) atoms. The van der Waals surface area contributed by atoms with Crippen LogP contribution < -0.4 is 10.2 Å². The summed E-state index contributed by atoms with van der Waals surface area (Å²) in [6.45, 7) is 16.1. The molecule has 1 aliphatic rings. The van der Waals surface area contributed by atoms with Gasteiger partial charge in [0.15, 0.2) is 0 Å². The summed E-state index contributed by atoms with van der Waals surface area (Å²) in [5, 5.41) is 3.14. The number of carbonyl (C=O) groups is 1. The van der Waals surface area contributed by atoms with Crippen molar-refractivity contribution in [3.63, 3.8) is 0 Å². The third kappa shape index (κ3) is 8.29. The molecule has 1 fully saturated rings. The van der Waals surface area contributed by atoms with Crippen LogP contribution in [-0.4, -0.2) is 56.4 Å². The van der Waals surface area contributed by atoms with E-state index in [1.165, 1.54) is 5.56 Å². The van der Waals surface area contributed by atoms with Gasteiger partial charge in [-0.15, -0.1) is 0 Å². The molecule has 0 saturated carbocycles. The number of anilines is 2. The first-order valence-electron chi connectivity index (χ1n) is 8.81. The number of likely N-dealkylation sites (N-methyl/N-ethyl adjacent to an activating group) is 1. The molecule has 138 valence electrons. The highest BCUT2D eigenvalue weighted by Crippen LogP contribution is 2.19. The summed E-state index contributed by atoms with van der Waals surface area (Å²) in [6, 6.07) is 2.16. The standard InChI is InChI=1S/C12H20N4.C5H10O.C2H6/c1-10-8-12(14-9-11(10)13-2)16-6-4-15(3)5-7-16;1-5(2,3)4-6;1-2/h8-9,13H,4-7H2,1-3H3;4H,1-3H3;1-2H3. The molecule has 0 atom stereocenters. The predicted molar refractivity (Wildman–Crippen MR) is 105 cm³/mol. The molecule has 5 heteroatoms. The number of hydrogen-bond donors (Lipinski definition) is 1. The number of aromatic nitrogens is 1. The summed E-state index contributed by atoms with van der Waals surface area (Å²) in [7, 11) is 4.10. The lowest BCUT2D eigenvalue weighted by Gasteiger charge is -2.33. The predicted octanol–water partition coefficient (Wildman–Crippen LogP) is 3.44. The average molecular weight is 337 g/mol. The average Bonchev–Trinajstić information content (AvgIpc) is 2.57. The van der Waals surface area contributed by atoms with Crippen molar-refractivity contribution in [1.29, 1.82) is 0 Å². The van der Waals surface area contributed by atoms with Crippen molar-refractivity contribution < 1.29 is 4.79 Å². The van der Waals surface area contributed by atoms with E-state index in [-0.39, 0.29) is 5.41 Å². The first-order valence-corrected chi connectivity index (χ1v) is 8.81. The summed E-state index contributed by atoms with van der Waals surface area (Å²) >= 11 is 0. The highest BCUT2D eigenvalue weighted by atomic mass is 16.1. The number of aryl methyl sites for hydroxylation is 1. The van der Waals surface area contributed by atoms with Gasteiger partial charge in [-0.3, -0.25) is 0 Å². The highest BCUT2D eigenvalue weighted by molar-refractivity contribution is 5.56. The van der Waals surface area contributed by atoms with Gasteiger partial charge in [-0.1, -0.05) is 34.6 Å². The van der Waals surface area contributed by atoms with Crippen molar-refractivity contribution in [1.82, 2.24) is 9.88 Å². The molecule has 0 spiro atoms. The van der Waals surface area contributed by atoms with Gasteiger partial charge in [0.25, 0.3) is 0 Å². The zero-order chi connectivity index (χ0) is 18.8. The van der Waals surface area contributed by atoms with Crippen LogP contribution in [0.25, 0.3) is 0 Å². The van der Waals surface area contributed by atoms with Crippen LogP contribution in [0.5, 0.6) is 0 Å². The maximum Gasteiger partial charge on any atom is 0.128 e. The lowest BCUT2D eigenvalue weighted by Crippen LogP contribution is -2.44. The summed E-state index contributed by atoms with van der Waals surface area (Å²) in [5.41, 5.74) is 2.23. The Labute approximate surface area is 148 Å². The van der Waals surface area contributed by atoms with E-state index >= 15 is 0 Å². The summed E-state index contributed by atoms with van der Waals surface area (Å²) in [5.74, 6) is 1.10. The van der Waals surface area contributed by atoms with Crippen LogP contribution in [-0.2, 0) is 4.79 Å². The van der Waals surface area contributed by atoms with Crippen LogP contribution in [0.15, 0.2) is 12.3 Å². The van der Waals surface area contributed by atoms with Gasteiger partial charge < -0.3 is 19.9 Å². The molecule has 0 aliphatic carbocycles. The largest absolute Gasteiger partial charge is 0.387 e. The third-order valence-electron chi connectivity index (χ3n) is 3.55. The summed E-state index contributed by atoms with van der Waals surface area (Å²) < 4.78 is 0. The molecule has 2 heterocycles. The number of aldehydes is 1. The third-order valence-corrected chi connectivity index (χ3v) is 3.55. The molecule has 0 amide bonds. The van der Waals surface area contributed by atoms with E-state index in [4.69, 9.17) is 0 Å². The van der Waals surface area contributed by atoms with E-state index in [0.29, 0.717) is 0 Å². The number of hydrogen-bond acceptors (Lipinski definition) is 5.